The summed E-state index contributed by atoms with van der Waals surface area (Å²) in [6.07, 6.45) is 0. The molecule has 0 saturated carbocycles. The lowest BCUT2D eigenvalue weighted by molar-refractivity contribution is 1.63. The fraction of sp³-hybridized carbons (Fsp3) is 0. The fourth-order valence-electron chi connectivity index (χ4n) is 10.3. The molecule has 0 aliphatic carbocycles. The highest BCUT2D eigenvalue weighted by molar-refractivity contribution is 6.35. The van der Waals surface area contributed by atoms with E-state index in [1.54, 1.807) is 0 Å². The van der Waals surface area contributed by atoms with Crippen molar-refractivity contribution in [2.75, 3.05) is 0 Å². The van der Waals surface area contributed by atoms with Crippen molar-refractivity contribution < 1.29 is 0 Å². The van der Waals surface area contributed by atoms with E-state index in [-0.39, 0.29) is 0 Å². The quantitative estimate of drug-likeness (QED) is 0.123. The average molecular weight is 785 g/mol. The van der Waals surface area contributed by atoms with Crippen molar-refractivity contribution in [3.63, 3.8) is 0 Å². The Morgan fingerprint density at radius 3 is 0.597 bits per heavy atom. The summed E-state index contributed by atoms with van der Waals surface area (Å²) in [5, 5.41) is 18.5. The SMILES string of the molecule is c1cc2cccc3c4cccc5cccc(c(c1)c23)c54.c1ccc(-c2c3ccccc3c(-c3ccccc3)c3c(-c4ccccc4)c4ccccc4c(-c4ccccc4)c23)cc1. The third-order valence-electron chi connectivity index (χ3n) is 12.8. The molecule has 0 aliphatic heterocycles. The van der Waals surface area contributed by atoms with Gasteiger partial charge in [-0.15, -0.1) is 0 Å². The van der Waals surface area contributed by atoms with Crippen LogP contribution < -0.4 is 0 Å². The van der Waals surface area contributed by atoms with E-state index in [1.807, 2.05) is 0 Å². The van der Waals surface area contributed by atoms with Crippen molar-refractivity contribution in [1.29, 1.82) is 0 Å². The molecule has 0 fully saturated rings. The molecular formula is C62H40. The fourth-order valence-corrected chi connectivity index (χ4v) is 10.3. The predicted molar refractivity (Wildman–Crippen MR) is 268 cm³/mol. The van der Waals surface area contributed by atoms with Gasteiger partial charge in [-0.2, -0.15) is 0 Å². The second-order valence-electron chi connectivity index (χ2n) is 16.2. The highest BCUT2D eigenvalue weighted by atomic mass is 14.3. The van der Waals surface area contributed by atoms with Crippen LogP contribution in [0.5, 0.6) is 0 Å². The molecule has 0 N–H and O–H groups in total. The molecule has 13 rings (SSSR count). The Labute approximate surface area is 360 Å². The van der Waals surface area contributed by atoms with Gasteiger partial charge in [-0.05, 0) is 120 Å². The monoisotopic (exact) mass is 784 g/mol. The highest BCUT2D eigenvalue weighted by Gasteiger charge is 2.25. The number of rotatable bonds is 4. The molecule has 13 aromatic carbocycles. The number of benzene rings is 13. The van der Waals surface area contributed by atoms with Crippen molar-refractivity contribution in [2.24, 2.45) is 0 Å². The second kappa shape index (κ2) is 14.9. The van der Waals surface area contributed by atoms with Crippen molar-refractivity contribution in [1.82, 2.24) is 0 Å². The van der Waals surface area contributed by atoms with E-state index >= 15 is 0 Å². The van der Waals surface area contributed by atoms with Crippen LogP contribution in [0.15, 0.2) is 243 Å². The van der Waals surface area contributed by atoms with Gasteiger partial charge in [0, 0.05) is 0 Å². The zero-order chi connectivity index (χ0) is 41.0. The van der Waals surface area contributed by atoms with Crippen molar-refractivity contribution >= 4 is 75.4 Å². The Morgan fingerprint density at radius 1 is 0.145 bits per heavy atom. The summed E-state index contributed by atoms with van der Waals surface area (Å²) in [7, 11) is 0. The summed E-state index contributed by atoms with van der Waals surface area (Å²) in [5.41, 5.74) is 10.0. The van der Waals surface area contributed by atoms with Gasteiger partial charge in [-0.25, -0.2) is 0 Å². The van der Waals surface area contributed by atoms with Crippen molar-refractivity contribution in [2.45, 2.75) is 0 Å². The number of hydrogen-bond donors (Lipinski definition) is 0. The van der Waals surface area contributed by atoms with Crippen LogP contribution in [-0.2, 0) is 0 Å². The largest absolute Gasteiger partial charge is 0.0622 e. The minimum absolute atomic E-state index is 1.23. The Balaban J connectivity index is 0.000000170. The molecule has 0 saturated heterocycles. The van der Waals surface area contributed by atoms with Crippen LogP contribution in [0.3, 0.4) is 0 Å². The Bertz CT molecular complexity index is 3270. The summed E-state index contributed by atoms with van der Waals surface area (Å²) in [4.78, 5) is 0. The lowest BCUT2D eigenvalue weighted by Gasteiger charge is -2.25. The maximum atomic E-state index is 2.30. The maximum Gasteiger partial charge on any atom is -0.000139 e. The van der Waals surface area contributed by atoms with Gasteiger partial charge in [0.2, 0.25) is 0 Å². The van der Waals surface area contributed by atoms with E-state index in [0.29, 0.717) is 0 Å². The van der Waals surface area contributed by atoms with E-state index in [2.05, 4.69) is 243 Å². The molecule has 0 nitrogen and oxygen atoms in total. The van der Waals surface area contributed by atoms with E-state index in [1.165, 1.54) is 120 Å². The molecule has 0 heteroatoms. The number of fused-ring (bicyclic) bond motifs is 5. The lowest BCUT2D eigenvalue weighted by Crippen LogP contribution is -1.97. The minimum atomic E-state index is 1.23. The molecule has 0 spiro atoms. The van der Waals surface area contributed by atoms with Crippen molar-refractivity contribution in [3.05, 3.63) is 243 Å². The molecule has 0 aliphatic rings. The zero-order valence-electron chi connectivity index (χ0n) is 34.1. The smallest absolute Gasteiger partial charge is 0.000139 e. The Kier molecular flexibility index (Phi) is 8.61. The Hall–Kier alpha value is -8.06. The molecule has 0 atom stereocenters. The second-order valence-corrected chi connectivity index (χ2v) is 16.2. The van der Waals surface area contributed by atoms with E-state index < -0.39 is 0 Å². The third-order valence-corrected chi connectivity index (χ3v) is 12.8. The predicted octanol–water partition coefficient (Wildman–Crippen LogP) is 17.6. The van der Waals surface area contributed by atoms with Crippen LogP contribution in [0.2, 0.25) is 0 Å². The summed E-state index contributed by atoms with van der Waals surface area (Å²) in [6, 6.07) is 88.1. The van der Waals surface area contributed by atoms with Crippen LogP contribution in [0, 0.1) is 0 Å². The van der Waals surface area contributed by atoms with Gasteiger partial charge in [-0.1, -0.05) is 243 Å². The third kappa shape index (κ3) is 5.69. The van der Waals surface area contributed by atoms with Gasteiger partial charge >= 0.3 is 0 Å². The topological polar surface area (TPSA) is 0 Å². The summed E-state index contributed by atoms with van der Waals surface area (Å²) in [6.45, 7) is 0. The normalized spacial score (nSPS) is 11.5. The molecule has 62 heavy (non-hydrogen) atoms. The number of hydrogen-bond acceptors (Lipinski definition) is 0. The van der Waals surface area contributed by atoms with E-state index in [9.17, 15) is 0 Å². The van der Waals surface area contributed by atoms with Crippen LogP contribution >= 0.6 is 0 Å². The van der Waals surface area contributed by atoms with Gasteiger partial charge in [0.05, 0.1) is 0 Å². The van der Waals surface area contributed by atoms with Gasteiger partial charge in [-0.3, -0.25) is 0 Å². The van der Waals surface area contributed by atoms with Gasteiger partial charge in [0.1, 0.15) is 0 Å². The molecule has 13 aromatic rings. The van der Waals surface area contributed by atoms with Crippen LogP contribution in [-0.4, -0.2) is 0 Å². The first kappa shape index (κ1) is 35.8. The van der Waals surface area contributed by atoms with Gasteiger partial charge in [0.15, 0.2) is 0 Å². The summed E-state index contributed by atoms with van der Waals surface area (Å²) < 4.78 is 0. The summed E-state index contributed by atoms with van der Waals surface area (Å²) >= 11 is 0. The minimum Gasteiger partial charge on any atom is -0.0622 e. The van der Waals surface area contributed by atoms with E-state index in [0.717, 1.165) is 0 Å². The first-order valence-corrected chi connectivity index (χ1v) is 21.5. The van der Waals surface area contributed by atoms with Crippen LogP contribution in [0.4, 0.5) is 0 Å². The standard InChI is InChI=1S/C42H28.C20H12/c1-5-17-29(18-6-1)37-33-25-13-14-26-34(33)39(31-21-9-3-10-22-31)42-40(32-23-11-4-12-24-32)36-28-16-15-27-35(36)38(41(37)42)30-19-7-2-8-20-30;1-5-13-6-2-11-17-18-12-4-8-14-7-3-10-16(20(14)18)15(9-1)19(13)17/h1-28H;1-12H. The summed E-state index contributed by atoms with van der Waals surface area (Å²) in [5.74, 6) is 0. The first-order valence-electron chi connectivity index (χ1n) is 21.5. The molecule has 0 unspecified atom stereocenters. The van der Waals surface area contributed by atoms with Crippen LogP contribution in [0.25, 0.3) is 120 Å². The molecule has 0 aromatic heterocycles. The van der Waals surface area contributed by atoms with Gasteiger partial charge < -0.3 is 0 Å². The first-order chi connectivity index (χ1) is 30.8. The molecular weight excluding hydrogens is 745 g/mol. The molecule has 288 valence electrons. The molecule has 0 radical (unpaired) electrons. The molecule has 0 heterocycles. The zero-order valence-corrected chi connectivity index (χ0v) is 34.1. The van der Waals surface area contributed by atoms with E-state index in [4.69, 9.17) is 0 Å². The highest BCUT2D eigenvalue weighted by Crippen LogP contribution is 2.53. The van der Waals surface area contributed by atoms with Crippen molar-refractivity contribution in [3.8, 4) is 44.5 Å². The molecule has 0 bridgehead atoms. The maximum absolute atomic E-state index is 2.30. The average Bonchev–Trinajstić information content (AvgIpc) is 3.35. The molecule has 0 amide bonds. The van der Waals surface area contributed by atoms with Crippen LogP contribution in [0.1, 0.15) is 0 Å². The Morgan fingerprint density at radius 2 is 0.355 bits per heavy atom. The van der Waals surface area contributed by atoms with Gasteiger partial charge in [0.25, 0.3) is 0 Å². The lowest BCUT2D eigenvalue weighted by atomic mass is 9.77.